The van der Waals surface area contributed by atoms with Crippen LogP contribution in [0.25, 0.3) is 0 Å². The highest BCUT2D eigenvalue weighted by Gasteiger charge is 2.37. The van der Waals surface area contributed by atoms with Crippen LogP contribution < -0.4 is 5.32 Å². The zero-order valence-electron chi connectivity index (χ0n) is 15.6. The van der Waals surface area contributed by atoms with Gasteiger partial charge in [-0.25, -0.2) is 0 Å². The molecule has 2 aromatic rings. The van der Waals surface area contributed by atoms with Crippen molar-refractivity contribution in [3.05, 3.63) is 47.3 Å². The summed E-state index contributed by atoms with van der Waals surface area (Å²) >= 11 is 0. The van der Waals surface area contributed by atoms with E-state index in [4.69, 9.17) is 0 Å². The minimum absolute atomic E-state index is 0.0301. The molecule has 138 valence electrons. The second kappa shape index (κ2) is 6.83. The predicted octanol–water partition coefficient (Wildman–Crippen LogP) is 2.25. The molecule has 1 saturated heterocycles. The first-order valence-corrected chi connectivity index (χ1v) is 9.52. The predicted molar refractivity (Wildman–Crippen MR) is 99.7 cm³/mol. The highest BCUT2D eigenvalue weighted by atomic mass is 16.2. The van der Waals surface area contributed by atoms with Crippen molar-refractivity contribution in [2.75, 3.05) is 13.1 Å². The molecule has 1 amide bonds. The van der Waals surface area contributed by atoms with E-state index in [-0.39, 0.29) is 11.4 Å². The number of carbonyl (C=O) groups is 1. The Morgan fingerprint density at radius 1 is 1.31 bits per heavy atom. The first-order valence-electron chi connectivity index (χ1n) is 9.52. The Morgan fingerprint density at radius 3 is 2.88 bits per heavy atom. The summed E-state index contributed by atoms with van der Waals surface area (Å²) in [6.07, 6.45) is 5.07. The summed E-state index contributed by atoms with van der Waals surface area (Å²) in [5.74, 6) is 0.532. The number of aromatic nitrogens is 3. The molecule has 1 fully saturated rings. The summed E-state index contributed by atoms with van der Waals surface area (Å²) in [7, 11) is 0. The zero-order chi connectivity index (χ0) is 18.1. The van der Waals surface area contributed by atoms with Gasteiger partial charge >= 0.3 is 0 Å². The highest BCUT2D eigenvalue weighted by molar-refractivity contribution is 5.92. The minimum atomic E-state index is -0.234. The molecule has 4 rings (SSSR count). The van der Waals surface area contributed by atoms with Gasteiger partial charge in [0.1, 0.15) is 0 Å². The lowest BCUT2D eigenvalue weighted by atomic mass is 9.85. The number of fused-ring (bicyclic) bond motifs is 1. The summed E-state index contributed by atoms with van der Waals surface area (Å²) in [5.41, 5.74) is 2.76. The van der Waals surface area contributed by atoms with Crippen molar-refractivity contribution in [3.63, 3.8) is 0 Å². The average Bonchev–Trinajstić information content (AvgIpc) is 3.09. The van der Waals surface area contributed by atoms with E-state index >= 15 is 0 Å². The summed E-state index contributed by atoms with van der Waals surface area (Å²) < 4.78 is 1.83. The molecular formula is C20H27N5O. The lowest BCUT2D eigenvalue weighted by Crippen LogP contribution is -2.51. The molecule has 0 radical (unpaired) electrons. The van der Waals surface area contributed by atoms with Gasteiger partial charge in [-0.2, -0.15) is 0 Å². The maximum atomic E-state index is 13.1. The third-order valence-electron chi connectivity index (χ3n) is 5.65. The fraction of sp³-hybridized carbons (Fsp3) is 0.550. The summed E-state index contributed by atoms with van der Waals surface area (Å²) in [6, 6.07) is 8.37. The molecule has 6 heteroatoms. The Hall–Kier alpha value is -2.21. The zero-order valence-corrected chi connectivity index (χ0v) is 15.6. The first kappa shape index (κ1) is 17.2. The molecule has 1 aromatic carbocycles. The summed E-state index contributed by atoms with van der Waals surface area (Å²) in [6.45, 7) is 7.81. The van der Waals surface area contributed by atoms with E-state index in [0.29, 0.717) is 18.2 Å². The maximum Gasteiger partial charge on any atom is 0.276 e. The normalized spacial score (nSPS) is 22.1. The van der Waals surface area contributed by atoms with Crippen molar-refractivity contribution in [1.82, 2.24) is 25.2 Å². The standard InChI is InChI=1S/C20H27N5O/c1-20(2)10-16-7-3-4-8-17(16)13-25(20)19(26)18-14-24(23-22-18)12-15-6-5-9-21-11-15/h3-4,7-8,14-15,21H,5-6,9-13H2,1-2H3. The van der Waals surface area contributed by atoms with Gasteiger partial charge < -0.3 is 10.2 Å². The van der Waals surface area contributed by atoms with Crippen LogP contribution in [0.4, 0.5) is 0 Å². The van der Waals surface area contributed by atoms with Crippen molar-refractivity contribution in [2.24, 2.45) is 5.92 Å². The van der Waals surface area contributed by atoms with E-state index in [9.17, 15) is 4.79 Å². The van der Waals surface area contributed by atoms with Crippen LogP contribution in [0, 0.1) is 5.92 Å². The fourth-order valence-electron chi connectivity index (χ4n) is 4.15. The Kier molecular flexibility index (Phi) is 4.53. The lowest BCUT2D eigenvalue weighted by Gasteiger charge is -2.43. The van der Waals surface area contributed by atoms with E-state index < -0.39 is 0 Å². The van der Waals surface area contributed by atoms with Gasteiger partial charge in [-0.15, -0.1) is 5.10 Å². The Bertz CT molecular complexity index is 791. The van der Waals surface area contributed by atoms with Gasteiger partial charge in [0.05, 0.1) is 6.20 Å². The Morgan fingerprint density at radius 2 is 2.12 bits per heavy atom. The average molecular weight is 353 g/mol. The molecule has 26 heavy (non-hydrogen) atoms. The number of hydrogen-bond acceptors (Lipinski definition) is 4. The van der Waals surface area contributed by atoms with Crippen LogP contribution in [0.2, 0.25) is 0 Å². The van der Waals surface area contributed by atoms with Gasteiger partial charge in [0, 0.05) is 18.6 Å². The van der Waals surface area contributed by atoms with Gasteiger partial charge in [0.2, 0.25) is 0 Å². The number of benzene rings is 1. The number of piperidine rings is 1. The number of amides is 1. The molecule has 3 heterocycles. The van der Waals surface area contributed by atoms with Crippen LogP contribution in [0.1, 0.15) is 48.3 Å². The van der Waals surface area contributed by atoms with E-state index in [1.807, 2.05) is 21.8 Å². The van der Waals surface area contributed by atoms with Crippen molar-refractivity contribution >= 4 is 5.91 Å². The van der Waals surface area contributed by atoms with Crippen molar-refractivity contribution in [2.45, 2.75) is 51.7 Å². The first-order chi connectivity index (χ1) is 12.5. The molecule has 2 aliphatic rings. The van der Waals surface area contributed by atoms with Gasteiger partial charge in [-0.3, -0.25) is 9.48 Å². The lowest BCUT2D eigenvalue weighted by molar-refractivity contribution is 0.0482. The second-order valence-electron chi connectivity index (χ2n) is 8.19. The Balaban J connectivity index is 1.50. The number of hydrogen-bond donors (Lipinski definition) is 1. The minimum Gasteiger partial charge on any atom is -0.327 e. The molecule has 1 atom stereocenters. The van der Waals surface area contributed by atoms with Crippen LogP contribution in [0.15, 0.2) is 30.5 Å². The molecule has 0 bridgehead atoms. The summed E-state index contributed by atoms with van der Waals surface area (Å²) in [4.78, 5) is 15.1. The van der Waals surface area contributed by atoms with Crippen LogP contribution in [0.5, 0.6) is 0 Å². The van der Waals surface area contributed by atoms with Crippen LogP contribution in [-0.4, -0.2) is 44.4 Å². The van der Waals surface area contributed by atoms with Crippen molar-refractivity contribution in [1.29, 1.82) is 0 Å². The largest absolute Gasteiger partial charge is 0.327 e. The number of rotatable bonds is 3. The quantitative estimate of drug-likeness (QED) is 0.919. The third kappa shape index (κ3) is 3.38. The van der Waals surface area contributed by atoms with Crippen molar-refractivity contribution in [3.8, 4) is 0 Å². The summed E-state index contributed by atoms with van der Waals surface area (Å²) in [5, 5.41) is 11.8. The molecule has 2 aliphatic heterocycles. The number of nitrogens with zero attached hydrogens (tertiary/aromatic N) is 4. The molecule has 0 saturated carbocycles. The van der Waals surface area contributed by atoms with Gasteiger partial charge in [-0.05, 0) is 63.2 Å². The molecule has 1 unspecified atom stereocenters. The van der Waals surface area contributed by atoms with Gasteiger partial charge in [-0.1, -0.05) is 29.5 Å². The van der Waals surface area contributed by atoms with Crippen LogP contribution in [-0.2, 0) is 19.5 Å². The van der Waals surface area contributed by atoms with Gasteiger partial charge in [0.15, 0.2) is 5.69 Å². The van der Waals surface area contributed by atoms with E-state index in [1.165, 1.54) is 24.0 Å². The molecule has 1 N–H and O–H groups in total. The second-order valence-corrected chi connectivity index (χ2v) is 8.19. The Labute approximate surface area is 154 Å². The molecule has 0 aliphatic carbocycles. The molecule has 6 nitrogen and oxygen atoms in total. The number of nitrogens with one attached hydrogen (secondary N) is 1. The highest BCUT2D eigenvalue weighted by Crippen LogP contribution is 2.31. The molecular weight excluding hydrogens is 326 g/mol. The van der Waals surface area contributed by atoms with Crippen LogP contribution >= 0.6 is 0 Å². The smallest absolute Gasteiger partial charge is 0.276 e. The third-order valence-corrected chi connectivity index (χ3v) is 5.65. The molecule has 1 aromatic heterocycles. The molecule has 0 spiro atoms. The SMILES string of the molecule is CC1(C)Cc2ccccc2CN1C(=O)c1cn(CC2CCCNC2)nn1. The monoisotopic (exact) mass is 353 g/mol. The van der Waals surface area contributed by atoms with Crippen LogP contribution in [0.3, 0.4) is 0 Å². The topological polar surface area (TPSA) is 63.1 Å². The van der Waals surface area contributed by atoms with Crippen molar-refractivity contribution < 1.29 is 4.79 Å². The maximum absolute atomic E-state index is 13.1. The van der Waals surface area contributed by atoms with E-state index in [0.717, 1.165) is 26.1 Å². The van der Waals surface area contributed by atoms with E-state index in [2.05, 4.69) is 47.7 Å². The fourth-order valence-corrected chi connectivity index (χ4v) is 4.15. The van der Waals surface area contributed by atoms with Gasteiger partial charge in [0.25, 0.3) is 5.91 Å². The van der Waals surface area contributed by atoms with E-state index in [1.54, 1.807) is 0 Å². The number of carbonyl (C=O) groups excluding carboxylic acids is 1.